The van der Waals surface area contributed by atoms with Gasteiger partial charge in [-0.3, -0.25) is 0 Å². The molecule has 1 N–H and O–H groups in total. The summed E-state index contributed by atoms with van der Waals surface area (Å²) in [5.74, 6) is 0.0101. The van der Waals surface area contributed by atoms with Crippen LogP contribution in [0.2, 0.25) is 0 Å². The Morgan fingerprint density at radius 2 is 1.95 bits per heavy atom. The van der Waals surface area contributed by atoms with Crippen LogP contribution >= 0.6 is 0 Å². The number of carbonyl (C=O) groups is 1. The second-order valence-corrected chi connectivity index (χ2v) is 4.00. The van der Waals surface area contributed by atoms with E-state index in [1.54, 1.807) is 37.3 Å². The molecule has 2 aromatic rings. The Labute approximate surface area is 110 Å². The average Bonchev–Trinajstić information content (AvgIpc) is 2.41. The molecule has 0 aromatic heterocycles. The molecule has 0 saturated heterocycles. The van der Waals surface area contributed by atoms with E-state index in [2.05, 4.69) is 0 Å². The minimum atomic E-state index is -0.980. The van der Waals surface area contributed by atoms with Gasteiger partial charge in [0.05, 0.1) is 11.1 Å². The first kappa shape index (κ1) is 12.7. The zero-order valence-electron chi connectivity index (χ0n) is 10.3. The fraction of sp³-hybridized carbons (Fsp3) is 0.0667. The molecule has 19 heavy (non-hydrogen) atoms. The molecule has 0 saturated carbocycles. The number of benzene rings is 2. The minimum Gasteiger partial charge on any atom is -0.478 e. The van der Waals surface area contributed by atoms with Gasteiger partial charge in [-0.05, 0) is 42.8 Å². The molecule has 0 spiro atoms. The van der Waals surface area contributed by atoms with Gasteiger partial charge in [0, 0.05) is 0 Å². The van der Waals surface area contributed by atoms with Crippen LogP contribution < -0.4 is 4.74 Å². The molecule has 94 valence electrons. The average molecular weight is 253 g/mol. The number of aryl methyl sites for hydroxylation is 1. The molecular weight excluding hydrogens is 242 g/mol. The summed E-state index contributed by atoms with van der Waals surface area (Å²) in [5.41, 5.74) is 1.34. The first-order valence-corrected chi connectivity index (χ1v) is 5.62. The normalized spacial score (nSPS) is 9.68. The van der Waals surface area contributed by atoms with Crippen molar-refractivity contribution >= 4 is 5.97 Å². The second-order valence-electron chi connectivity index (χ2n) is 4.00. The van der Waals surface area contributed by atoms with E-state index in [0.29, 0.717) is 22.6 Å². The summed E-state index contributed by atoms with van der Waals surface area (Å²) in [6.07, 6.45) is 0. The fourth-order valence-corrected chi connectivity index (χ4v) is 1.66. The van der Waals surface area contributed by atoms with Gasteiger partial charge in [0.2, 0.25) is 0 Å². The molecule has 0 amide bonds. The summed E-state index contributed by atoms with van der Waals surface area (Å²) in [4.78, 5) is 10.8. The molecule has 0 radical (unpaired) electrons. The van der Waals surface area contributed by atoms with Gasteiger partial charge in [0.25, 0.3) is 0 Å². The largest absolute Gasteiger partial charge is 0.478 e. The van der Waals surface area contributed by atoms with Crippen molar-refractivity contribution in [2.24, 2.45) is 0 Å². The molecule has 0 fully saturated rings. The van der Waals surface area contributed by atoms with Crippen LogP contribution in [0.25, 0.3) is 0 Å². The zero-order chi connectivity index (χ0) is 13.8. The van der Waals surface area contributed by atoms with E-state index in [9.17, 15) is 4.79 Å². The fourth-order valence-electron chi connectivity index (χ4n) is 1.66. The van der Waals surface area contributed by atoms with Crippen molar-refractivity contribution in [1.82, 2.24) is 0 Å². The van der Waals surface area contributed by atoms with Gasteiger partial charge in [-0.15, -0.1) is 0 Å². The maximum atomic E-state index is 10.8. The lowest BCUT2D eigenvalue weighted by atomic mass is 10.1. The Bertz CT molecular complexity index is 671. The Hall–Kier alpha value is -2.80. The Balaban J connectivity index is 2.34. The summed E-state index contributed by atoms with van der Waals surface area (Å²) < 4.78 is 5.65. The number of hydrogen-bond donors (Lipinski definition) is 1. The van der Waals surface area contributed by atoms with Crippen LogP contribution in [0.3, 0.4) is 0 Å². The second kappa shape index (κ2) is 5.23. The number of para-hydroxylation sites is 1. The van der Waals surface area contributed by atoms with E-state index in [1.165, 1.54) is 12.1 Å². The number of carboxylic acids is 1. The van der Waals surface area contributed by atoms with Crippen LogP contribution in [0.4, 0.5) is 0 Å². The molecule has 0 atom stereocenters. The van der Waals surface area contributed by atoms with Crippen LogP contribution in [0.5, 0.6) is 11.5 Å². The number of hydrogen-bond acceptors (Lipinski definition) is 3. The smallest absolute Gasteiger partial charge is 0.335 e. The molecule has 0 aliphatic heterocycles. The number of carboxylic acid groups (broad SMARTS) is 1. The van der Waals surface area contributed by atoms with Gasteiger partial charge in [-0.25, -0.2) is 4.79 Å². The molecule has 2 aromatic carbocycles. The van der Waals surface area contributed by atoms with Gasteiger partial charge in [0.15, 0.2) is 0 Å². The first-order valence-electron chi connectivity index (χ1n) is 5.62. The monoisotopic (exact) mass is 253 g/mol. The highest BCUT2D eigenvalue weighted by Gasteiger charge is 2.09. The van der Waals surface area contributed by atoms with Crippen LogP contribution in [-0.2, 0) is 0 Å². The highest BCUT2D eigenvalue weighted by Crippen LogP contribution is 2.28. The summed E-state index contributed by atoms with van der Waals surface area (Å²) >= 11 is 0. The van der Waals surface area contributed by atoms with Gasteiger partial charge in [-0.2, -0.15) is 5.26 Å². The van der Waals surface area contributed by atoms with E-state index in [4.69, 9.17) is 15.1 Å². The molecule has 0 aliphatic rings. The molecule has 0 unspecified atom stereocenters. The van der Waals surface area contributed by atoms with Crippen molar-refractivity contribution in [3.8, 4) is 17.6 Å². The zero-order valence-corrected chi connectivity index (χ0v) is 10.3. The predicted octanol–water partition coefficient (Wildman–Crippen LogP) is 3.36. The number of rotatable bonds is 3. The number of ether oxygens (including phenoxy) is 1. The van der Waals surface area contributed by atoms with Crippen molar-refractivity contribution in [1.29, 1.82) is 5.26 Å². The van der Waals surface area contributed by atoms with Gasteiger partial charge in [0.1, 0.15) is 17.6 Å². The van der Waals surface area contributed by atoms with Crippen LogP contribution in [-0.4, -0.2) is 11.1 Å². The number of nitriles is 1. The first-order chi connectivity index (χ1) is 9.11. The molecule has 4 nitrogen and oxygen atoms in total. The lowest BCUT2D eigenvalue weighted by Crippen LogP contribution is -1.98. The third kappa shape index (κ3) is 2.72. The maximum Gasteiger partial charge on any atom is 0.335 e. The quantitative estimate of drug-likeness (QED) is 0.910. The van der Waals surface area contributed by atoms with E-state index in [-0.39, 0.29) is 5.56 Å². The molecule has 0 heterocycles. The van der Waals surface area contributed by atoms with E-state index in [0.717, 1.165) is 0 Å². The van der Waals surface area contributed by atoms with E-state index in [1.807, 2.05) is 6.07 Å². The van der Waals surface area contributed by atoms with Crippen molar-refractivity contribution in [3.63, 3.8) is 0 Å². The van der Waals surface area contributed by atoms with Crippen LogP contribution in [0.1, 0.15) is 21.5 Å². The SMILES string of the molecule is Cc1cc(C(=O)O)ccc1Oc1ccccc1C#N. The summed E-state index contributed by atoms with van der Waals surface area (Å²) in [6.45, 7) is 1.76. The Kier molecular flexibility index (Phi) is 3.48. The molecule has 0 aliphatic carbocycles. The van der Waals surface area contributed by atoms with Crippen molar-refractivity contribution in [2.75, 3.05) is 0 Å². The summed E-state index contributed by atoms with van der Waals surface area (Å²) in [5, 5.41) is 17.9. The molecule has 0 bridgehead atoms. The molecule has 4 heteroatoms. The van der Waals surface area contributed by atoms with Gasteiger partial charge in [-0.1, -0.05) is 12.1 Å². The molecular formula is C15H11NO3. The summed E-state index contributed by atoms with van der Waals surface area (Å²) in [7, 11) is 0. The lowest BCUT2D eigenvalue weighted by Gasteiger charge is -2.10. The Morgan fingerprint density at radius 1 is 1.21 bits per heavy atom. The molecule has 2 rings (SSSR count). The van der Waals surface area contributed by atoms with Crippen molar-refractivity contribution < 1.29 is 14.6 Å². The topological polar surface area (TPSA) is 70.3 Å². The third-order valence-corrected chi connectivity index (χ3v) is 2.65. The maximum absolute atomic E-state index is 10.8. The van der Waals surface area contributed by atoms with Crippen molar-refractivity contribution in [2.45, 2.75) is 6.92 Å². The highest BCUT2D eigenvalue weighted by molar-refractivity contribution is 5.88. The standard InChI is InChI=1S/C15H11NO3/c1-10-8-11(15(17)18)6-7-13(10)19-14-5-3-2-4-12(14)9-16/h2-8H,1H3,(H,17,18). The highest BCUT2D eigenvalue weighted by atomic mass is 16.5. The van der Waals surface area contributed by atoms with E-state index < -0.39 is 5.97 Å². The van der Waals surface area contributed by atoms with Crippen LogP contribution in [0.15, 0.2) is 42.5 Å². The van der Waals surface area contributed by atoms with Gasteiger partial charge >= 0.3 is 5.97 Å². The third-order valence-electron chi connectivity index (χ3n) is 2.65. The van der Waals surface area contributed by atoms with E-state index >= 15 is 0 Å². The number of nitrogens with zero attached hydrogens (tertiary/aromatic N) is 1. The predicted molar refractivity (Wildman–Crippen MR) is 69.4 cm³/mol. The lowest BCUT2D eigenvalue weighted by molar-refractivity contribution is 0.0697. The van der Waals surface area contributed by atoms with Gasteiger partial charge < -0.3 is 9.84 Å². The minimum absolute atomic E-state index is 0.207. The Morgan fingerprint density at radius 3 is 2.58 bits per heavy atom. The summed E-state index contributed by atoms with van der Waals surface area (Å²) in [6, 6.07) is 13.5. The van der Waals surface area contributed by atoms with Crippen LogP contribution in [0, 0.1) is 18.3 Å². The van der Waals surface area contributed by atoms with Crippen molar-refractivity contribution in [3.05, 3.63) is 59.2 Å². The number of aromatic carboxylic acids is 1.